The first-order valence-electron chi connectivity index (χ1n) is 6.79. The fraction of sp³-hybridized carbons (Fsp3) is 0.429. The Bertz CT molecular complexity index is 646. The molecule has 1 aliphatic rings. The number of carbonyl (C=O) groups excluding carboxylic acids is 1. The van der Waals surface area contributed by atoms with Crippen LogP contribution in [-0.4, -0.2) is 28.3 Å². The summed E-state index contributed by atoms with van der Waals surface area (Å²) in [5.74, 6) is 0.171. The molecule has 0 saturated heterocycles. The molecule has 1 fully saturated rings. The van der Waals surface area contributed by atoms with Crippen LogP contribution in [0.4, 0.5) is 0 Å². The highest BCUT2D eigenvalue weighted by molar-refractivity contribution is 7.19. The molecule has 7 heteroatoms. The lowest BCUT2D eigenvalue weighted by Crippen LogP contribution is -2.40. The number of aromatic nitrogens is 1. The minimum absolute atomic E-state index is 0.205. The monoisotopic (exact) mass is 326 g/mol. The Kier molecular flexibility index (Phi) is 4.01. The van der Waals surface area contributed by atoms with Gasteiger partial charge in [0.25, 0.3) is 5.91 Å². The maximum absolute atomic E-state index is 12.0. The highest BCUT2D eigenvalue weighted by atomic mass is 35.5. The van der Waals surface area contributed by atoms with E-state index in [9.17, 15) is 9.90 Å². The van der Waals surface area contributed by atoms with E-state index in [0.717, 1.165) is 30.6 Å². The molecular weight excluding hydrogens is 312 g/mol. The molecule has 2 aromatic heterocycles. The zero-order valence-corrected chi connectivity index (χ0v) is 12.8. The van der Waals surface area contributed by atoms with Crippen LogP contribution >= 0.6 is 22.9 Å². The van der Waals surface area contributed by atoms with Gasteiger partial charge in [0.05, 0.1) is 14.8 Å². The summed E-state index contributed by atoms with van der Waals surface area (Å²) in [5.41, 5.74) is -0.570. The third kappa shape index (κ3) is 3.28. The fourth-order valence-corrected chi connectivity index (χ4v) is 3.48. The van der Waals surface area contributed by atoms with Gasteiger partial charge in [-0.25, -0.2) is 0 Å². The largest absolute Gasteiger partial charge is 0.388 e. The number of rotatable bonds is 4. The molecule has 5 nitrogen and oxygen atoms in total. The average molecular weight is 327 g/mol. The van der Waals surface area contributed by atoms with Crippen LogP contribution in [-0.2, 0) is 0 Å². The van der Waals surface area contributed by atoms with Gasteiger partial charge in [-0.2, -0.15) is 0 Å². The molecule has 112 valence electrons. The Morgan fingerprint density at radius 3 is 2.90 bits per heavy atom. The lowest BCUT2D eigenvalue weighted by molar-refractivity contribution is 0.0448. The second-order valence-corrected chi connectivity index (χ2v) is 7.01. The summed E-state index contributed by atoms with van der Waals surface area (Å²) in [6.45, 7) is 0.249. The summed E-state index contributed by atoms with van der Waals surface area (Å²) >= 11 is 7.23. The molecule has 0 unspecified atom stereocenters. The summed E-state index contributed by atoms with van der Waals surface area (Å²) in [5, 5.41) is 16.7. The van der Waals surface area contributed by atoms with E-state index in [4.69, 9.17) is 16.1 Å². The standard InChI is InChI=1S/C14H15ClN2O3S/c15-12-4-3-11(21-12)10-7-9(17-20-10)13(18)16-8-14(19)5-1-2-6-14/h3-4,7,19H,1-2,5-6,8H2,(H,16,18). The van der Waals surface area contributed by atoms with Gasteiger partial charge in [-0.05, 0) is 25.0 Å². The van der Waals surface area contributed by atoms with Gasteiger partial charge in [-0.3, -0.25) is 4.79 Å². The summed E-state index contributed by atoms with van der Waals surface area (Å²) in [6.07, 6.45) is 3.45. The quantitative estimate of drug-likeness (QED) is 0.905. The number of thiophene rings is 1. The smallest absolute Gasteiger partial charge is 0.273 e. The van der Waals surface area contributed by atoms with Crippen molar-refractivity contribution in [3.8, 4) is 10.6 Å². The SMILES string of the molecule is O=C(NCC1(O)CCCC1)c1cc(-c2ccc(Cl)s2)on1. The number of hydrogen-bond donors (Lipinski definition) is 2. The van der Waals surface area contributed by atoms with Crippen molar-refractivity contribution in [1.82, 2.24) is 10.5 Å². The minimum Gasteiger partial charge on any atom is -0.388 e. The topological polar surface area (TPSA) is 75.4 Å². The molecule has 2 heterocycles. The number of halogens is 1. The Morgan fingerprint density at radius 1 is 1.48 bits per heavy atom. The van der Waals surface area contributed by atoms with Gasteiger partial charge < -0.3 is 14.9 Å². The first-order chi connectivity index (χ1) is 10.1. The van der Waals surface area contributed by atoms with Crippen molar-refractivity contribution in [1.29, 1.82) is 0 Å². The number of carbonyl (C=O) groups is 1. The van der Waals surface area contributed by atoms with Crippen LogP contribution in [0.25, 0.3) is 10.6 Å². The Hall–Kier alpha value is -1.37. The highest BCUT2D eigenvalue weighted by Gasteiger charge is 2.31. The van der Waals surface area contributed by atoms with Crippen LogP contribution in [0.15, 0.2) is 22.7 Å². The summed E-state index contributed by atoms with van der Waals surface area (Å²) < 4.78 is 5.81. The molecule has 0 atom stereocenters. The summed E-state index contributed by atoms with van der Waals surface area (Å²) in [7, 11) is 0. The van der Waals surface area contributed by atoms with Crippen molar-refractivity contribution in [3.63, 3.8) is 0 Å². The fourth-order valence-electron chi connectivity index (χ4n) is 2.49. The number of hydrogen-bond acceptors (Lipinski definition) is 5. The van der Waals surface area contributed by atoms with E-state index >= 15 is 0 Å². The van der Waals surface area contributed by atoms with E-state index < -0.39 is 5.60 Å². The van der Waals surface area contributed by atoms with Crippen LogP contribution in [0.3, 0.4) is 0 Å². The van der Waals surface area contributed by atoms with Crippen molar-refractivity contribution in [2.24, 2.45) is 0 Å². The Labute approximate surface area is 130 Å². The van der Waals surface area contributed by atoms with E-state index in [-0.39, 0.29) is 18.1 Å². The zero-order chi connectivity index (χ0) is 14.9. The van der Waals surface area contributed by atoms with Gasteiger partial charge >= 0.3 is 0 Å². The molecule has 21 heavy (non-hydrogen) atoms. The molecular formula is C14H15ClN2O3S. The molecule has 0 bridgehead atoms. The lowest BCUT2D eigenvalue weighted by atomic mass is 10.0. The number of nitrogens with one attached hydrogen (secondary N) is 1. The molecule has 0 spiro atoms. The van der Waals surface area contributed by atoms with Crippen LogP contribution in [0.1, 0.15) is 36.2 Å². The third-order valence-electron chi connectivity index (χ3n) is 3.67. The molecule has 1 saturated carbocycles. The van der Waals surface area contributed by atoms with Crippen LogP contribution < -0.4 is 5.32 Å². The van der Waals surface area contributed by atoms with Gasteiger partial charge in [-0.15, -0.1) is 11.3 Å². The maximum atomic E-state index is 12.0. The lowest BCUT2D eigenvalue weighted by Gasteiger charge is -2.21. The molecule has 1 aliphatic carbocycles. The average Bonchev–Trinajstić information content (AvgIpc) is 3.16. The predicted octanol–water partition coefficient (Wildman–Crippen LogP) is 3.09. The van der Waals surface area contributed by atoms with Gasteiger partial charge in [0.15, 0.2) is 11.5 Å². The molecule has 0 aromatic carbocycles. The van der Waals surface area contributed by atoms with Gasteiger partial charge in [0.2, 0.25) is 0 Å². The number of nitrogens with zero attached hydrogens (tertiary/aromatic N) is 1. The van der Waals surface area contributed by atoms with Gasteiger partial charge in [-0.1, -0.05) is 29.6 Å². The second kappa shape index (κ2) is 5.79. The molecule has 2 aromatic rings. The Balaban J connectivity index is 1.64. The third-order valence-corrected chi connectivity index (χ3v) is 4.92. The number of amides is 1. The highest BCUT2D eigenvalue weighted by Crippen LogP contribution is 2.31. The van der Waals surface area contributed by atoms with Crippen molar-refractivity contribution in [2.75, 3.05) is 6.54 Å². The zero-order valence-electron chi connectivity index (χ0n) is 11.3. The van der Waals surface area contributed by atoms with E-state index in [0.29, 0.717) is 10.1 Å². The molecule has 0 radical (unpaired) electrons. The van der Waals surface area contributed by atoms with E-state index in [1.807, 2.05) is 6.07 Å². The first-order valence-corrected chi connectivity index (χ1v) is 7.98. The molecule has 3 rings (SSSR count). The normalized spacial score (nSPS) is 17.0. The van der Waals surface area contributed by atoms with Crippen molar-refractivity contribution < 1.29 is 14.4 Å². The van der Waals surface area contributed by atoms with Crippen LogP contribution in [0.2, 0.25) is 4.34 Å². The Morgan fingerprint density at radius 2 is 2.24 bits per heavy atom. The van der Waals surface area contributed by atoms with E-state index in [1.54, 1.807) is 12.1 Å². The van der Waals surface area contributed by atoms with E-state index in [2.05, 4.69) is 10.5 Å². The number of aliphatic hydroxyl groups is 1. The molecule has 0 aliphatic heterocycles. The molecule has 2 N–H and O–H groups in total. The minimum atomic E-state index is -0.774. The van der Waals surface area contributed by atoms with Gasteiger partial charge in [0.1, 0.15) is 0 Å². The second-order valence-electron chi connectivity index (χ2n) is 5.29. The molecule has 1 amide bonds. The first kappa shape index (κ1) is 14.6. The summed E-state index contributed by atoms with van der Waals surface area (Å²) in [4.78, 5) is 12.8. The summed E-state index contributed by atoms with van der Waals surface area (Å²) in [6, 6.07) is 5.16. The van der Waals surface area contributed by atoms with Crippen LogP contribution in [0.5, 0.6) is 0 Å². The van der Waals surface area contributed by atoms with E-state index in [1.165, 1.54) is 11.3 Å². The van der Waals surface area contributed by atoms with Crippen molar-refractivity contribution in [2.45, 2.75) is 31.3 Å². The van der Waals surface area contributed by atoms with Crippen molar-refractivity contribution in [3.05, 3.63) is 28.2 Å². The maximum Gasteiger partial charge on any atom is 0.273 e. The van der Waals surface area contributed by atoms with Crippen LogP contribution in [0, 0.1) is 0 Å². The van der Waals surface area contributed by atoms with Gasteiger partial charge in [0, 0.05) is 12.6 Å². The van der Waals surface area contributed by atoms with Crippen molar-refractivity contribution >= 4 is 28.8 Å². The predicted molar refractivity (Wildman–Crippen MR) is 80.6 cm³/mol.